The Kier molecular flexibility index (Phi) is 4.91. The SMILES string of the molecule is Cc1cc(C)cc(NC2=C(c3ccccc3)C(=O)N(c3ccc(C#N)cc3)C2=O)c1. The third kappa shape index (κ3) is 3.47. The van der Waals surface area contributed by atoms with Crippen molar-refractivity contribution in [1.82, 2.24) is 0 Å². The molecule has 1 heterocycles. The fourth-order valence-corrected chi connectivity index (χ4v) is 3.63. The largest absolute Gasteiger partial charge is 0.350 e. The van der Waals surface area contributed by atoms with E-state index < -0.39 is 11.8 Å². The number of amides is 2. The number of benzene rings is 3. The van der Waals surface area contributed by atoms with Crippen LogP contribution in [0, 0.1) is 25.2 Å². The summed E-state index contributed by atoms with van der Waals surface area (Å²) in [6, 6.07) is 23.5. The first-order chi connectivity index (χ1) is 14.5. The molecule has 5 nitrogen and oxygen atoms in total. The fourth-order valence-electron chi connectivity index (χ4n) is 3.63. The number of nitrogens with one attached hydrogen (secondary N) is 1. The molecule has 146 valence electrons. The van der Waals surface area contributed by atoms with Gasteiger partial charge in [-0.2, -0.15) is 5.26 Å². The number of hydrogen-bond acceptors (Lipinski definition) is 4. The summed E-state index contributed by atoms with van der Waals surface area (Å²) in [6.45, 7) is 3.96. The molecular weight excluding hydrogens is 374 g/mol. The lowest BCUT2D eigenvalue weighted by Gasteiger charge is -2.15. The lowest BCUT2D eigenvalue weighted by molar-refractivity contribution is -0.120. The summed E-state index contributed by atoms with van der Waals surface area (Å²) in [6.07, 6.45) is 0. The zero-order valence-corrected chi connectivity index (χ0v) is 16.6. The average molecular weight is 393 g/mol. The Morgan fingerprint density at radius 2 is 1.47 bits per heavy atom. The molecular formula is C25H19N3O2. The van der Waals surface area contributed by atoms with Crippen LogP contribution in [0.5, 0.6) is 0 Å². The van der Waals surface area contributed by atoms with Gasteiger partial charge in [0.05, 0.1) is 22.9 Å². The Morgan fingerprint density at radius 1 is 0.833 bits per heavy atom. The van der Waals surface area contributed by atoms with Gasteiger partial charge in [0, 0.05) is 5.69 Å². The molecule has 3 aromatic rings. The first-order valence-electron chi connectivity index (χ1n) is 9.52. The summed E-state index contributed by atoms with van der Waals surface area (Å²) in [5.41, 5.74) is 4.97. The van der Waals surface area contributed by atoms with E-state index in [1.54, 1.807) is 24.3 Å². The molecule has 0 atom stereocenters. The van der Waals surface area contributed by atoms with E-state index in [-0.39, 0.29) is 5.70 Å². The first kappa shape index (κ1) is 19.2. The van der Waals surface area contributed by atoms with Gasteiger partial charge in [0.15, 0.2) is 0 Å². The molecule has 0 unspecified atom stereocenters. The van der Waals surface area contributed by atoms with Gasteiger partial charge < -0.3 is 5.32 Å². The Bertz CT molecular complexity index is 1200. The van der Waals surface area contributed by atoms with E-state index in [9.17, 15) is 9.59 Å². The van der Waals surface area contributed by atoms with E-state index in [1.165, 1.54) is 0 Å². The molecule has 2 amide bonds. The molecule has 5 heteroatoms. The van der Waals surface area contributed by atoms with Crippen molar-refractivity contribution in [2.45, 2.75) is 13.8 Å². The molecule has 0 saturated heterocycles. The summed E-state index contributed by atoms with van der Waals surface area (Å²) in [4.78, 5) is 27.8. The van der Waals surface area contributed by atoms with Crippen LogP contribution in [-0.2, 0) is 9.59 Å². The minimum absolute atomic E-state index is 0.237. The normalized spacial score (nSPS) is 13.6. The van der Waals surface area contributed by atoms with E-state index >= 15 is 0 Å². The van der Waals surface area contributed by atoms with Gasteiger partial charge in [-0.05, 0) is 66.9 Å². The van der Waals surface area contributed by atoms with Crippen molar-refractivity contribution in [3.63, 3.8) is 0 Å². The molecule has 3 aromatic carbocycles. The molecule has 1 aliphatic heterocycles. The second-order valence-corrected chi connectivity index (χ2v) is 7.22. The predicted molar refractivity (Wildman–Crippen MR) is 117 cm³/mol. The number of rotatable bonds is 4. The van der Waals surface area contributed by atoms with Crippen molar-refractivity contribution in [2.75, 3.05) is 10.2 Å². The summed E-state index contributed by atoms with van der Waals surface area (Å²) in [5.74, 6) is -0.828. The van der Waals surface area contributed by atoms with E-state index in [1.807, 2.05) is 68.4 Å². The number of aryl methyl sites for hydroxylation is 2. The van der Waals surface area contributed by atoms with Crippen LogP contribution in [0.1, 0.15) is 22.3 Å². The molecule has 0 fully saturated rings. The van der Waals surface area contributed by atoms with Gasteiger partial charge >= 0.3 is 0 Å². The van der Waals surface area contributed by atoms with Crippen molar-refractivity contribution >= 4 is 28.8 Å². The number of carbonyl (C=O) groups excluding carboxylic acids is 2. The molecule has 0 spiro atoms. The Balaban J connectivity index is 1.81. The van der Waals surface area contributed by atoms with E-state index in [0.29, 0.717) is 22.4 Å². The molecule has 1 aliphatic rings. The van der Waals surface area contributed by atoms with Crippen molar-refractivity contribution in [1.29, 1.82) is 5.26 Å². The molecule has 30 heavy (non-hydrogen) atoms. The van der Waals surface area contributed by atoms with Crippen molar-refractivity contribution in [3.8, 4) is 6.07 Å². The molecule has 0 radical (unpaired) electrons. The minimum Gasteiger partial charge on any atom is -0.350 e. The van der Waals surface area contributed by atoms with Gasteiger partial charge in [0.25, 0.3) is 11.8 Å². The van der Waals surface area contributed by atoms with Crippen LogP contribution < -0.4 is 10.2 Å². The van der Waals surface area contributed by atoms with E-state index in [0.717, 1.165) is 21.7 Å². The monoisotopic (exact) mass is 393 g/mol. The summed E-state index contributed by atoms with van der Waals surface area (Å²) in [7, 11) is 0. The predicted octanol–water partition coefficient (Wildman–Crippen LogP) is 4.57. The third-order valence-electron chi connectivity index (χ3n) is 4.89. The quantitative estimate of drug-likeness (QED) is 0.659. The maximum Gasteiger partial charge on any atom is 0.282 e. The van der Waals surface area contributed by atoms with Gasteiger partial charge in [0.1, 0.15) is 5.70 Å². The summed E-state index contributed by atoms with van der Waals surface area (Å²) in [5, 5.41) is 12.2. The van der Waals surface area contributed by atoms with Gasteiger partial charge in [-0.25, -0.2) is 4.90 Å². The third-order valence-corrected chi connectivity index (χ3v) is 4.89. The minimum atomic E-state index is -0.428. The molecule has 4 rings (SSSR count). The Hall–Kier alpha value is -4.17. The van der Waals surface area contributed by atoms with Gasteiger partial charge in [0.2, 0.25) is 0 Å². The highest BCUT2D eigenvalue weighted by molar-refractivity contribution is 6.46. The number of anilines is 2. The van der Waals surface area contributed by atoms with Crippen molar-refractivity contribution in [3.05, 3.63) is 101 Å². The van der Waals surface area contributed by atoms with Gasteiger partial charge in [-0.15, -0.1) is 0 Å². The second kappa shape index (κ2) is 7.69. The van der Waals surface area contributed by atoms with Crippen LogP contribution in [0.25, 0.3) is 5.57 Å². The van der Waals surface area contributed by atoms with Crippen molar-refractivity contribution in [2.24, 2.45) is 0 Å². The first-order valence-corrected chi connectivity index (χ1v) is 9.52. The Morgan fingerprint density at radius 3 is 2.07 bits per heavy atom. The lowest BCUT2D eigenvalue weighted by atomic mass is 10.0. The zero-order chi connectivity index (χ0) is 21.3. The molecule has 0 saturated carbocycles. The van der Waals surface area contributed by atoms with E-state index in [4.69, 9.17) is 5.26 Å². The highest BCUT2D eigenvalue weighted by atomic mass is 16.2. The molecule has 0 bridgehead atoms. The number of nitriles is 1. The maximum absolute atomic E-state index is 13.3. The molecule has 1 N–H and O–H groups in total. The summed E-state index contributed by atoms with van der Waals surface area (Å²) >= 11 is 0. The van der Waals surface area contributed by atoms with Crippen LogP contribution in [-0.4, -0.2) is 11.8 Å². The Labute approximate surface area is 174 Å². The molecule has 0 aromatic heterocycles. The maximum atomic E-state index is 13.3. The number of carbonyl (C=O) groups is 2. The van der Waals surface area contributed by atoms with Crippen LogP contribution >= 0.6 is 0 Å². The number of hydrogen-bond donors (Lipinski definition) is 1. The van der Waals surface area contributed by atoms with Crippen LogP contribution in [0.3, 0.4) is 0 Å². The van der Waals surface area contributed by atoms with Crippen LogP contribution in [0.4, 0.5) is 11.4 Å². The highest BCUT2D eigenvalue weighted by Gasteiger charge is 2.40. The summed E-state index contributed by atoms with van der Waals surface area (Å²) < 4.78 is 0. The lowest BCUT2D eigenvalue weighted by Crippen LogP contribution is -2.32. The van der Waals surface area contributed by atoms with Crippen LogP contribution in [0.15, 0.2) is 78.5 Å². The van der Waals surface area contributed by atoms with Crippen LogP contribution in [0.2, 0.25) is 0 Å². The van der Waals surface area contributed by atoms with Gasteiger partial charge in [-0.3, -0.25) is 9.59 Å². The topological polar surface area (TPSA) is 73.2 Å². The standard InChI is InChI=1S/C25H19N3O2/c1-16-12-17(2)14-20(13-16)27-23-22(19-6-4-3-5-7-19)24(29)28(25(23)30)21-10-8-18(15-26)9-11-21/h3-14,27H,1-2H3. The fraction of sp³-hybridized carbons (Fsp3) is 0.0800. The van der Waals surface area contributed by atoms with Gasteiger partial charge in [-0.1, -0.05) is 36.4 Å². The molecule has 0 aliphatic carbocycles. The van der Waals surface area contributed by atoms with Crippen molar-refractivity contribution < 1.29 is 9.59 Å². The van der Waals surface area contributed by atoms with E-state index in [2.05, 4.69) is 5.32 Å². The average Bonchev–Trinajstić information content (AvgIpc) is 2.97. The number of nitrogens with zero attached hydrogens (tertiary/aromatic N) is 2. The zero-order valence-electron chi connectivity index (χ0n) is 16.6. The number of imide groups is 1. The smallest absolute Gasteiger partial charge is 0.282 e. The second-order valence-electron chi connectivity index (χ2n) is 7.22. The highest BCUT2D eigenvalue weighted by Crippen LogP contribution is 2.34.